The third kappa shape index (κ3) is 3.57. The second kappa shape index (κ2) is 6.70. The number of nitrogens with two attached hydrogens (primary N) is 1. The molecule has 0 saturated carbocycles. The van der Waals surface area contributed by atoms with Gasteiger partial charge in [-0.25, -0.2) is 9.97 Å². The average molecular weight is 338 g/mol. The van der Waals surface area contributed by atoms with Crippen molar-refractivity contribution in [3.8, 4) is 11.6 Å². The number of anilines is 1. The van der Waals surface area contributed by atoms with E-state index in [0.29, 0.717) is 17.3 Å². The van der Waals surface area contributed by atoms with Crippen molar-refractivity contribution in [1.82, 2.24) is 24.8 Å². The molecule has 1 aliphatic heterocycles. The number of nitrogen functional groups attached to an aromatic ring is 1. The summed E-state index contributed by atoms with van der Waals surface area (Å²) in [7, 11) is 2.16. The maximum absolute atomic E-state index is 5.92. The van der Waals surface area contributed by atoms with Gasteiger partial charge in [-0.3, -0.25) is 4.90 Å². The SMILES string of the molecule is CN1CCN(Cc2cc3c(Oc4ccc(N)cc4)ncnc3[nH]2)CC1. The van der Waals surface area contributed by atoms with E-state index < -0.39 is 0 Å². The predicted molar refractivity (Wildman–Crippen MR) is 97.6 cm³/mol. The Morgan fingerprint density at radius 3 is 2.64 bits per heavy atom. The van der Waals surface area contributed by atoms with Crippen molar-refractivity contribution in [3.63, 3.8) is 0 Å². The fraction of sp³-hybridized carbons (Fsp3) is 0.333. The van der Waals surface area contributed by atoms with Crippen molar-refractivity contribution in [3.05, 3.63) is 42.4 Å². The summed E-state index contributed by atoms with van der Waals surface area (Å²) in [5.74, 6) is 1.26. The van der Waals surface area contributed by atoms with Gasteiger partial charge < -0.3 is 20.4 Å². The van der Waals surface area contributed by atoms with Gasteiger partial charge >= 0.3 is 0 Å². The molecule has 2 aromatic heterocycles. The smallest absolute Gasteiger partial charge is 0.231 e. The Hall–Kier alpha value is -2.64. The molecule has 3 aromatic rings. The molecular formula is C18H22N6O. The third-order valence-corrected chi connectivity index (χ3v) is 4.53. The van der Waals surface area contributed by atoms with E-state index in [9.17, 15) is 0 Å². The van der Waals surface area contributed by atoms with E-state index in [2.05, 4.69) is 37.9 Å². The number of aromatic amines is 1. The van der Waals surface area contributed by atoms with Crippen LogP contribution in [0.5, 0.6) is 11.6 Å². The predicted octanol–water partition coefficient (Wildman–Crippen LogP) is 2.08. The minimum atomic E-state index is 0.552. The van der Waals surface area contributed by atoms with E-state index in [0.717, 1.165) is 49.5 Å². The molecule has 1 aliphatic rings. The molecule has 4 rings (SSSR count). The molecule has 0 bridgehead atoms. The Labute approximate surface area is 146 Å². The molecule has 0 spiro atoms. The van der Waals surface area contributed by atoms with Crippen LogP contribution in [0.2, 0.25) is 0 Å². The first kappa shape index (κ1) is 15.9. The first-order chi connectivity index (χ1) is 12.2. The Bertz CT molecular complexity index is 852. The zero-order chi connectivity index (χ0) is 17.2. The molecule has 0 atom stereocenters. The molecule has 1 aromatic carbocycles. The summed E-state index contributed by atoms with van der Waals surface area (Å²) in [6.07, 6.45) is 1.52. The molecule has 7 nitrogen and oxygen atoms in total. The summed E-state index contributed by atoms with van der Waals surface area (Å²) in [6.45, 7) is 5.24. The summed E-state index contributed by atoms with van der Waals surface area (Å²) < 4.78 is 5.92. The van der Waals surface area contributed by atoms with Gasteiger partial charge in [0.2, 0.25) is 5.88 Å². The monoisotopic (exact) mass is 338 g/mol. The average Bonchev–Trinajstić information content (AvgIpc) is 3.02. The van der Waals surface area contributed by atoms with Crippen molar-refractivity contribution in [1.29, 1.82) is 0 Å². The molecule has 1 fully saturated rings. The van der Waals surface area contributed by atoms with Crippen LogP contribution < -0.4 is 10.5 Å². The number of piperazine rings is 1. The zero-order valence-electron chi connectivity index (χ0n) is 14.3. The summed E-state index contributed by atoms with van der Waals surface area (Å²) in [4.78, 5) is 16.8. The minimum Gasteiger partial charge on any atom is -0.438 e. The highest BCUT2D eigenvalue weighted by Crippen LogP contribution is 2.28. The van der Waals surface area contributed by atoms with E-state index in [-0.39, 0.29) is 0 Å². The highest BCUT2D eigenvalue weighted by atomic mass is 16.5. The normalized spacial score (nSPS) is 16.4. The molecule has 0 radical (unpaired) electrons. The van der Waals surface area contributed by atoms with Gasteiger partial charge in [0.25, 0.3) is 0 Å². The fourth-order valence-electron chi connectivity index (χ4n) is 3.03. The maximum atomic E-state index is 5.92. The van der Waals surface area contributed by atoms with E-state index in [1.807, 2.05) is 24.3 Å². The number of hydrogen-bond acceptors (Lipinski definition) is 6. The number of H-pyrrole nitrogens is 1. The summed E-state index contributed by atoms with van der Waals surface area (Å²) in [5, 5.41) is 0.892. The number of nitrogens with one attached hydrogen (secondary N) is 1. The lowest BCUT2D eigenvalue weighted by Crippen LogP contribution is -2.43. The third-order valence-electron chi connectivity index (χ3n) is 4.53. The van der Waals surface area contributed by atoms with Gasteiger partial charge in [-0.05, 0) is 37.4 Å². The number of hydrogen-bond donors (Lipinski definition) is 2. The number of benzene rings is 1. The Morgan fingerprint density at radius 1 is 1.12 bits per heavy atom. The molecule has 0 aliphatic carbocycles. The molecule has 0 unspecified atom stereocenters. The van der Waals surface area contributed by atoms with Crippen LogP contribution in [0.15, 0.2) is 36.7 Å². The van der Waals surface area contributed by atoms with Crippen LogP contribution in [0, 0.1) is 0 Å². The van der Waals surface area contributed by atoms with Crippen LogP contribution in [0.4, 0.5) is 5.69 Å². The first-order valence-corrected chi connectivity index (χ1v) is 8.44. The van der Waals surface area contributed by atoms with Crippen LogP contribution in [-0.4, -0.2) is 58.0 Å². The standard InChI is InChI=1S/C18H22N6O/c1-23-6-8-24(9-7-23)11-14-10-16-17(22-14)20-12-21-18(16)25-15-4-2-13(19)3-5-15/h2-5,10,12H,6-9,11,19H2,1H3,(H,20,21,22). The van der Waals surface area contributed by atoms with E-state index in [1.165, 1.54) is 6.33 Å². The molecule has 0 amide bonds. The zero-order valence-corrected chi connectivity index (χ0v) is 14.3. The molecular weight excluding hydrogens is 316 g/mol. The summed E-state index contributed by atoms with van der Waals surface area (Å²) >= 11 is 0. The number of nitrogens with zero attached hydrogens (tertiary/aromatic N) is 4. The fourth-order valence-corrected chi connectivity index (χ4v) is 3.03. The van der Waals surface area contributed by atoms with Gasteiger partial charge in [0.1, 0.15) is 17.7 Å². The number of fused-ring (bicyclic) bond motifs is 1. The van der Waals surface area contributed by atoms with E-state index >= 15 is 0 Å². The summed E-state index contributed by atoms with van der Waals surface area (Å²) in [6, 6.07) is 9.37. The summed E-state index contributed by atoms with van der Waals surface area (Å²) in [5.41, 5.74) is 8.35. The van der Waals surface area contributed by atoms with Crippen molar-refractivity contribution in [2.75, 3.05) is 39.0 Å². The number of likely N-dealkylation sites (N-methyl/N-ethyl adjacent to an activating group) is 1. The van der Waals surface area contributed by atoms with E-state index in [1.54, 1.807) is 0 Å². The lowest BCUT2D eigenvalue weighted by Gasteiger charge is -2.31. The number of aromatic nitrogens is 3. The molecule has 130 valence electrons. The molecule has 3 N–H and O–H groups in total. The number of ether oxygens (including phenoxy) is 1. The van der Waals surface area contributed by atoms with Gasteiger partial charge in [-0.15, -0.1) is 0 Å². The van der Waals surface area contributed by atoms with Gasteiger partial charge in [-0.2, -0.15) is 0 Å². The van der Waals surface area contributed by atoms with Crippen molar-refractivity contribution in [2.24, 2.45) is 0 Å². The Kier molecular flexibility index (Phi) is 4.25. The van der Waals surface area contributed by atoms with Crippen LogP contribution >= 0.6 is 0 Å². The topological polar surface area (TPSA) is 83.3 Å². The van der Waals surface area contributed by atoms with Crippen LogP contribution in [0.1, 0.15) is 5.69 Å². The lowest BCUT2D eigenvalue weighted by atomic mass is 10.3. The lowest BCUT2D eigenvalue weighted by molar-refractivity contribution is 0.147. The second-order valence-electron chi connectivity index (χ2n) is 6.49. The first-order valence-electron chi connectivity index (χ1n) is 8.44. The highest BCUT2D eigenvalue weighted by Gasteiger charge is 2.16. The Balaban J connectivity index is 1.55. The maximum Gasteiger partial charge on any atom is 0.231 e. The van der Waals surface area contributed by atoms with Crippen molar-refractivity contribution in [2.45, 2.75) is 6.54 Å². The van der Waals surface area contributed by atoms with Gasteiger partial charge in [0, 0.05) is 44.1 Å². The largest absolute Gasteiger partial charge is 0.438 e. The van der Waals surface area contributed by atoms with Gasteiger partial charge in [-0.1, -0.05) is 0 Å². The van der Waals surface area contributed by atoms with E-state index in [4.69, 9.17) is 10.5 Å². The Morgan fingerprint density at radius 2 is 1.88 bits per heavy atom. The molecule has 1 saturated heterocycles. The minimum absolute atomic E-state index is 0.552. The molecule has 7 heteroatoms. The van der Waals surface area contributed by atoms with Crippen molar-refractivity contribution < 1.29 is 4.74 Å². The molecule has 3 heterocycles. The highest BCUT2D eigenvalue weighted by molar-refractivity contribution is 5.81. The quantitative estimate of drug-likeness (QED) is 0.709. The molecule has 25 heavy (non-hydrogen) atoms. The second-order valence-corrected chi connectivity index (χ2v) is 6.49. The van der Waals surface area contributed by atoms with Crippen molar-refractivity contribution >= 4 is 16.7 Å². The van der Waals surface area contributed by atoms with Gasteiger partial charge in [0.15, 0.2) is 0 Å². The van der Waals surface area contributed by atoms with Crippen LogP contribution in [0.3, 0.4) is 0 Å². The van der Waals surface area contributed by atoms with Crippen LogP contribution in [-0.2, 0) is 6.54 Å². The van der Waals surface area contributed by atoms with Crippen LogP contribution in [0.25, 0.3) is 11.0 Å². The number of rotatable bonds is 4. The van der Waals surface area contributed by atoms with Gasteiger partial charge in [0.05, 0.1) is 5.39 Å².